The second kappa shape index (κ2) is 15.4. The fourth-order valence-electron chi connectivity index (χ4n) is 4.99. The van der Waals surface area contributed by atoms with E-state index in [9.17, 15) is 18.3 Å². The maximum absolute atomic E-state index is 14.0. The van der Waals surface area contributed by atoms with Gasteiger partial charge in [0.05, 0.1) is 17.6 Å². The zero-order valence-electron chi connectivity index (χ0n) is 26.0. The van der Waals surface area contributed by atoms with Crippen LogP contribution in [0.25, 0.3) is 0 Å². The third-order valence-corrected chi connectivity index (χ3v) is 9.36. The molecule has 12 heteroatoms. The zero-order valence-corrected chi connectivity index (χ0v) is 26.8. The number of nitrogens with one attached hydrogen (secondary N) is 1. The average molecular weight is 642 g/mol. The Morgan fingerprint density at radius 3 is 2.47 bits per heavy atom. The molecule has 3 aromatic carbocycles. The summed E-state index contributed by atoms with van der Waals surface area (Å²) >= 11 is 0. The Kier molecular flexibility index (Phi) is 11.7. The van der Waals surface area contributed by atoms with E-state index in [1.165, 1.54) is 23.5 Å². The molecule has 0 bridgehead atoms. The maximum Gasteiger partial charge on any atom is 0.406 e. The van der Waals surface area contributed by atoms with Crippen LogP contribution in [0.4, 0.5) is 4.79 Å². The average Bonchev–Trinajstić information content (AvgIpc) is 3.51. The number of aliphatic hydroxyl groups is 1. The molecule has 244 valence electrons. The fraction of sp³-hybridized carbons (Fsp3) is 0.424. The Hall–Kier alpha value is -3.84. The van der Waals surface area contributed by atoms with Gasteiger partial charge in [0.25, 0.3) is 0 Å². The normalized spacial score (nSPS) is 14.2. The van der Waals surface area contributed by atoms with E-state index in [4.69, 9.17) is 24.7 Å². The van der Waals surface area contributed by atoms with E-state index >= 15 is 0 Å². The summed E-state index contributed by atoms with van der Waals surface area (Å²) in [5.74, 6) is 1.52. The highest BCUT2D eigenvalue weighted by atomic mass is 32.2. The molecule has 1 heterocycles. The molecule has 0 saturated carbocycles. The summed E-state index contributed by atoms with van der Waals surface area (Å²) in [6.07, 6.45) is -0.247. The molecule has 0 saturated heterocycles. The van der Waals surface area contributed by atoms with Gasteiger partial charge < -0.3 is 35.1 Å². The number of carbonyl (C=O) groups excluding carboxylic acids is 1. The second-order valence-corrected chi connectivity index (χ2v) is 13.8. The lowest BCUT2D eigenvalue weighted by Gasteiger charge is -2.34. The molecule has 3 aromatic rings. The van der Waals surface area contributed by atoms with Gasteiger partial charge in [-0.05, 0) is 60.1 Å². The van der Waals surface area contributed by atoms with Crippen LogP contribution in [0.2, 0.25) is 0 Å². The van der Waals surface area contributed by atoms with Crippen LogP contribution >= 0.6 is 0 Å². The van der Waals surface area contributed by atoms with Crippen LogP contribution in [0.15, 0.2) is 77.7 Å². The Morgan fingerprint density at radius 2 is 1.76 bits per heavy atom. The Balaban J connectivity index is 1.43. The van der Waals surface area contributed by atoms with Crippen LogP contribution in [-0.2, 0) is 27.8 Å². The van der Waals surface area contributed by atoms with Gasteiger partial charge in [-0.15, -0.1) is 0 Å². The molecule has 45 heavy (non-hydrogen) atoms. The van der Waals surface area contributed by atoms with Crippen molar-refractivity contribution in [2.24, 2.45) is 11.1 Å². The first kappa shape index (κ1) is 34.0. The summed E-state index contributed by atoms with van der Waals surface area (Å²) in [4.78, 5) is 11.4. The number of hydrogen-bond acceptors (Lipinski definition) is 9. The van der Waals surface area contributed by atoms with Gasteiger partial charge in [-0.25, -0.2) is 13.2 Å². The molecular formula is C33H43N3O8S. The molecule has 4 N–H and O–H groups in total. The molecule has 0 spiro atoms. The van der Waals surface area contributed by atoms with Crippen LogP contribution in [-0.4, -0.2) is 69.6 Å². The minimum absolute atomic E-state index is 0.0153. The van der Waals surface area contributed by atoms with Crippen LogP contribution in [0, 0.1) is 5.41 Å². The number of hydrogen-bond donors (Lipinski definition) is 3. The van der Waals surface area contributed by atoms with Crippen molar-refractivity contribution < 1.29 is 37.3 Å². The van der Waals surface area contributed by atoms with Gasteiger partial charge in [0.15, 0.2) is 11.5 Å². The van der Waals surface area contributed by atoms with Crippen LogP contribution < -0.4 is 25.3 Å². The van der Waals surface area contributed by atoms with Crippen LogP contribution in [0.5, 0.6) is 17.2 Å². The second-order valence-electron chi connectivity index (χ2n) is 11.8. The monoisotopic (exact) mass is 641 g/mol. The van der Waals surface area contributed by atoms with E-state index in [0.29, 0.717) is 43.1 Å². The zero-order chi connectivity index (χ0) is 32.5. The number of aliphatic hydroxyl groups excluding tert-OH is 1. The summed E-state index contributed by atoms with van der Waals surface area (Å²) < 4.78 is 50.9. The summed E-state index contributed by atoms with van der Waals surface area (Å²) in [6, 6.07) is 21.1. The number of amides is 1. The third-order valence-electron chi connectivity index (χ3n) is 7.55. The van der Waals surface area contributed by atoms with Gasteiger partial charge in [-0.1, -0.05) is 56.3 Å². The van der Waals surface area contributed by atoms with Crippen LogP contribution in [0.1, 0.15) is 37.8 Å². The lowest BCUT2D eigenvalue weighted by atomic mass is 9.87. The number of fused-ring (bicyclic) bond motifs is 1. The molecule has 11 nitrogen and oxygen atoms in total. The summed E-state index contributed by atoms with van der Waals surface area (Å²) in [6.45, 7) is 4.41. The van der Waals surface area contributed by atoms with Gasteiger partial charge >= 0.3 is 6.09 Å². The lowest BCUT2D eigenvalue weighted by molar-refractivity contribution is 0.102. The summed E-state index contributed by atoms with van der Waals surface area (Å²) in [5.41, 5.74) is 7.86. The van der Waals surface area contributed by atoms with Crippen molar-refractivity contribution in [2.75, 3.05) is 33.5 Å². The van der Waals surface area contributed by atoms with Gasteiger partial charge in [0.1, 0.15) is 12.4 Å². The van der Waals surface area contributed by atoms with E-state index in [-0.39, 0.29) is 31.4 Å². The highest BCUT2D eigenvalue weighted by Crippen LogP contribution is 2.35. The largest absolute Gasteiger partial charge is 0.489 e. The Labute approximate surface area is 265 Å². The SMILES string of the molecule is CNC(=O)OCCCC(C)(C)CN(CC(O)C(N)Cc1ccc(OCc2ccccc2)cc1)S(=O)(=O)c1ccc2c(c1)OCO2. The molecule has 0 aromatic heterocycles. The molecule has 1 aliphatic rings. The molecular weight excluding hydrogens is 598 g/mol. The molecule has 4 rings (SSSR count). The number of carbonyl (C=O) groups is 1. The van der Waals surface area contributed by atoms with Crippen LogP contribution in [0.3, 0.4) is 0 Å². The van der Waals surface area contributed by atoms with Gasteiger partial charge in [0, 0.05) is 32.2 Å². The quantitative estimate of drug-likeness (QED) is 0.197. The number of alkyl carbamates (subject to hydrolysis) is 1. The van der Waals surface area contributed by atoms with Crippen molar-refractivity contribution in [1.29, 1.82) is 0 Å². The summed E-state index contributed by atoms with van der Waals surface area (Å²) in [5, 5.41) is 13.6. The van der Waals surface area contributed by atoms with Crippen molar-refractivity contribution in [2.45, 2.75) is 56.8 Å². The third kappa shape index (κ3) is 9.82. The molecule has 0 radical (unpaired) electrons. The van der Waals surface area contributed by atoms with E-state index in [2.05, 4.69) is 5.32 Å². The van der Waals surface area contributed by atoms with Crippen molar-refractivity contribution in [1.82, 2.24) is 9.62 Å². The Morgan fingerprint density at radius 1 is 1.04 bits per heavy atom. The van der Waals surface area contributed by atoms with Crippen molar-refractivity contribution in [3.05, 3.63) is 83.9 Å². The number of nitrogens with two attached hydrogens (primary N) is 1. The predicted molar refractivity (Wildman–Crippen MR) is 170 cm³/mol. The molecule has 1 aliphatic heterocycles. The molecule has 2 unspecified atom stereocenters. The van der Waals surface area contributed by atoms with Gasteiger partial charge in [-0.3, -0.25) is 0 Å². The predicted octanol–water partition coefficient (Wildman–Crippen LogP) is 4.08. The van der Waals surface area contributed by atoms with Crippen molar-refractivity contribution in [3.63, 3.8) is 0 Å². The van der Waals surface area contributed by atoms with E-state index in [1.54, 1.807) is 6.07 Å². The standard InChI is InChI=1S/C33H43N3O8S/c1-33(2,16-7-17-41-32(38)35-3)22-36(45(39,40)27-14-15-30-31(19-27)44-23-43-30)20-29(37)28(34)18-24-10-12-26(13-11-24)42-21-25-8-5-4-6-9-25/h4-6,8-15,19,28-29,37H,7,16-18,20-23,34H2,1-3H3,(H,35,38). The minimum Gasteiger partial charge on any atom is -0.489 e. The molecule has 0 aliphatic carbocycles. The first-order chi connectivity index (χ1) is 21.5. The number of nitrogens with zero attached hydrogens (tertiary/aromatic N) is 1. The maximum atomic E-state index is 14.0. The summed E-state index contributed by atoms with van der Waals surface area (Å²) in [7, 11) is -2.59. The number of sulfonamides is 1. The first-order valence-corrected chi connectivity index (χ1v) is 16.3. The van der Waals surface area contributed by atoms with E-state index in [0.717, 1.165) is 11.1 Å². The minimum atomic E-state index is -4.07. The fourth-order valence-corrected chi connectivity index (χ4v) is 6.66. The topological polar surface area (TPSA) is 150 Å². The number of benzene rings is 3. The molecule has 1 amide bonds. The van der Waals surface area contributed by atoms with E-state index < -0.39 is 33.7 Å². The van der Waals surface area contributed by atoms with Crippen molar-refractivity contribution >= 4 is 16.1 Å². The Bertz CT molecular complexity index is 1500. The number of rotatable bonds is 16. The molecule has 0 fully saturated rings. The first-order valence-electron chi connectivity index (χ1n) is 14.9. The highest BCUT2D eigenvalue weighted by Gasteiger charge is 2.34. The smallest absolute Gasteiger partial charge is 0.406 e. The van der Waals surface area contributed by atoms with Gasteiger partial charge in [-0.2, -0.15) is 4.31 Å². The number of ether oxygens (including phenoxy) is 4. The lowest BCUT2D eigenvalue weighted by Crippen LogP contribution is -2.49. The van der Waals surface area contributed by atoms with Gasteiger partial charge in [0.2, 0.25) is 16.8 Å². The van der Waals surface area contributed by atoms with Crippen molar-refractivity contribution in [3.8, 4) is 17.2 Å². The highest BCUT2D eigenvalue weighted by molar-refractivity contribution is 7.89. The molecule has 2 atom stereocenters. The van der Waals surface area contributed by atoms with E-state index in [1.807, 2.05) is 68.4 Å².